The number of hydrogen-bond acceptors (Lipinski definition) is 5. The smallest absolute Gasteiger partial charge is 0.261 e. The molecule has 1 heterocycles. The number of hydrogen-bond donors (Lipinski definition) is 2. The first-order valence-corrected chi connectivity index (χ1v) is 8.02. The Morgan fingerprint density at radius 2 is 2.08 bits per heavy atom. The average molecular weight is 337 g/mol. The normalized spacial score (nSPS) is 11.7. The highest BCUT2D eigenvalue weighted by Gasteiger charge is 2.11. The van der Waals surface area contributed by atoms with Crippen LogP contribution in [0.5, 0.6) is 5.75 Å². The van der Waals surface area contributed by atoms with Crippen LogP contribution in [0.1, 0.15) is 24.5 Å². The van der Waals surface area contributed by atoms with Crippen molar-refractivity contribution in [1.82, 2.24) is 20.4 Å². The highest BCUT2D eigenvalue weighted by atomic mass is 16.3. The van der Waals surface area contributed by atoms with Gasteiger partial charge in [-0.25, -0.2) is 10.1 Å². The van der Waals surface area contributed by atoms with Crippen LogP contribution in [-0.2, 0) is 11.3 Å². The number of hydrazone groups is 1. The van der Waals surface area contributed by atoms with Crippen molar-refractivity contribution >= 4 is 22.7 Å². The van der Waals surface area contributed by atoms with Gasteiger partial charge in [0, 0.05) is 5.56 Å². The summed E-state index contributed by atoms with van der Waals surface area (Å²) < 4.78 is 1.52. The highest BCUT2D eigenvalue weighted by Crippen LogP contribution is 2.20. The number of carbonyl (C=O) groups is 1. The van der Waals surface area contributed by atoms with E-state index in [2.05, 4.69) is 20.8 Å². The number of aromatic nitrogens is 3. The van der Waals surface area contributed by atoms with Crippen LogP contribution in [-0.4, -0.2) is 31.7 Å². The third kappa shape index (κ3) is 3.65. The van der Waals surface area contributed by atoms with E-state index in [1.54, 1.807) is 6.07 Å². The zero-order valence-corrected chi connectivity index (χ0v) is 14.1. The van der Waals surface area contributed by atoms with Gasteiger partial charge in [0.15, 0.2) is 0 Å². The molecular weight excluding hydrogens is 318 g/mol. The maximum Gasteiger partial charge on any atom is 0.261 e. The van der Waals surface area contributed by atoms with Gasteiger partial charge >= 0.3 is 0 Å². The largest absolute Gasteiger partial charge is 0.507 e. The van der Waals surface area contributed by atoms with Gasteiger partial charge in [-0.05, 0) is 37.6 Å². The lowest BCUT2D eigenvalue weighted by atomic mass is 10.0. The van der Waals surface area contributed by atoms with E-state index in [9.17, 15) is 9.90 Å². The summed E-state index contributed by atoms with van der Waals surface area (Å²) in [6.07, 6.45) is 0.573. The molecule has 7 nitrogen and oxygen atoms in total. The monoisotopic (exact) mass is 337 g/mol. The SMILES string of the molecule is CC/C(=N\NC(=O)Cn1nnc2ccccc21)c1cc(C)ccc1O. The molecule has 0 fully saturated rings. The first kappa shape index (κ1) is 16.6. The molecule has 1 aromatic heterocycles. The van der Waals surface area contributed by atoms with Gasteiger partial charge in [-0.3, -0.25) is 4.79 Å². The Morgan fingerprint density at radius 1 is 1.28 bits per heavy atom. The first-order chi connectivity index (χ1) is 12.1. The molecule has 0 radical (unpaired) electrons. The van der Waals surface area contributed by atoms with Crippen LogP contribution in [0.25, 0.3) is 11.0 Å². The number of aromatic hydroxyl groups is 1. The van der Waals surface area contributed by atoms with Crippen molar-refractivity contribution in [1.29, 1.82) is 0 Å². The first-order valence-electron chi connectivity index (χ1n) is 8.02. The van der Waals surface area contributed by atoms with Crippen LogP contribution in [0, 0.1) is 6.92 Å². The molecule has 0 saturated carbocycles. The summed E-state index contributed by atoms with van der Waals surface area (Å²) in [5, 5.41) is 22.2. The number of phenols is 1. The Bertz CT molecular complexity index is 946. The van der Waals surface area contributed by atoms with Gasteiger partial charge in [-0.15, -0.1) is 5.10 Å². The number of rotatable bonds is 5. The lowest BCUT2D eigenvalue weighted by Crippen LogP contribution is -2.25. The van der Waals surface area contributed by atoms with Gasteiger partial charge in [-0.1, -0.05) is 35.9 Å². The predicted molar refractivity (Wildman–Crippen MR) is 95.3 cm³/mol. The summed E-state index contributed by atoms with van der Waals surface area (Å²) >= 11 is 0. The lowest BCUT2D eigenvalue weighted by molar-refractivity contribution is -0.121. The maximum absolute atomic E-state index is 12.2. The molecule has 128 valence electrons. The fourth-order valence-corrected chi connectivity index (χ4v) is 2.55. The summed E-state index contributed by atoms with van der Waals surface area (Å²) in [4.78, 5) is 12.2. The van der Waals surface area contributed by atoms with Crippen molar-refractivity contribution in [2.24, 2.45) is 5.10 Å². The van der Waals surface area contributed by atoms with E-state index < -0.39 is 0 Å². The van der Waals surface area contributed by atoms with Crippen molar-refractivity contribution < 1.29 is 9.90 Å². The zero-order valence-electron chi connectivity index (χ0n) is 14.1. The number of nitrogens with one attached hydrogen (secondary N) is 1. The Kier molecular flexibility index (Phi) is 4.74. The van der Waals surface area contributed by atoms with Crippen LogP contribution in [0.15, 0.2) is 47.6 Å². The zero-order chi connectivity index (χ0) is 17.8. The van der Waals surface area contributed by atoms with Gasteiger partial charge in [-0.2, -0.15) is 5.10 Å². The van der Waals surface area contributed by atoms with Gasteiger partial charge < -0.3 is 5.11 Å². The lowest BCUT2D eigenvalue weighted by Gasteiger charge is -2.08. The summed E-state index contributed by atoms with van der Waals surface area (Å²) in [7, 11) is 0. The Balaban J connectivity index is 1.75. The molecule has 3 aromatic rings. The number of benzene rings is 2. The second-order valence-corrected chi connectivity index (χ2v) is 5.70. The number of para-hydroxylation sites is 1. The summed E-state index contributed by atoms with van der Waals surface area (Å²) in [6.45, 7) is 3.86. The fourth-order valence-electron chi connectivity index (χ4n) is 2.55. The number of phenolic OH excluding ortho intramolecular Hbond substituents is 1. The maximum atomic E-state index is 12.2. The van der Waals surface area contributed by atoms with E-state index in [0.717, 1.165) is 16.6 Å². The molecule has 0 aliphatic heterocycles. The van der Waals surface area contributed by atoms with E-state index >= 15 is 0 Å². The van der Waals surface area contributed by atoms with Crippen LogP contribution >= 0.6 is 0 Å². The molecule has 0 aliphatic rings. The van der Waals surface area contributed by atoms with Gasteiger partial charge in [0.1, 0.15) is 17.8 Å². The molecule has 0 bridgehead atoms. The average Bonchev–Trinajstić information content (AvgIpc) is 3.01. The van der Waals surface area contributed by atoms with Crippen molar-refractivity contribution in [2.45, 2.75) is 26.8 Å². The molecule has 0 aliphatic carbocycles. The number of carbonyl (C=O) groups excluding carboxylic acids is 1. The van der Waals surface area contributed by atoms with Crippen LogP contribution in [0.2, 0.25) is 0 Å². The molecule has 2 N–H and O–H groups in total. The van der Waals surface area contributed by atoms with E-state index in [1.807, 2.05) is 50.2 Å². The Hall–Kier alpha value is -3.22. The van der Waals surface area contributed by atoms with Crippen molar-refractivity contribution in [3.05, 3.63) is 53.6 Å². The second kappa shape index (κ2) is 7.12. The molecule has 25 heavy (non-hydrogen) atoms. The van der Waals surface area contributed by atoms with E-state index in [0.29, 0.717) is 17.7 Å². The van der Waals surface area contributed by atoms with E-state index in [4.69, 9.17) is 0 Å². The van der Waals surface area contributed by atoms with Crippen LogP contribution in [0.3, 0.4) is 0 Å². The molecule has 1 amide bonds. The summed E-state index contributed by atoms with van der Waals surface area (Å²) in [6, 6.07) is 12.7. The predicted octanol–water partition coefficient (Wildman–Crippen LogP) is 2.38. The summed E-state index contributed by atoms with van der Waals surface area (Å²) in [5.74, 6) is -0.170. The Morgan fingerprint density at radius 3 is 2.88 bits per heavy atom. The minimum atomic E-state index is -0.311. The van der Waals surface area contributed by atoms with Gasteiger partial charge in [0.25, 0.3) is 5.91 Å². The highest BCUT2D eigenvalue weighted by molar-refractivity contribution is 6.03. The van der Waals surface area contributed by atoms with E-state index in [-0.39, 0.29) is 18.2 Å². The van der Waals surface area contributed by atoms with E-state index in [1.165, 1.54) is 4.68 Å². The molecule has 0 spiro atoms. The molecule has 3 rings (SSSR count). The van der Waals surface area contributed by atoms with Crippen molar-refractivity contribution in [2.75, 3.05) is 0 Å². The molecule has 2 aromatic carbocycles. The summed E-state index contributed by atoms with van der Waals surface area (Å²) in [5.41, 5.74) is 6.29. The quantitative estimate of drug-likeness (QED) is 0.552. The van der Waals surface area contributed by atoms with Crippen molar-refractivity contribution in [3.63, 3.8) is 0 Å². The molecule has 0 saturated heterocycles. The number of fused-ring (bicyclic) bond motifs is 1. The number of amides is 1. The molecule has 0 atom stereocenters. The molecular formula is C18H19N5O2. The molecule has 0 unspecified atom stereocenters. The Labute approximate surface area is 145 Å². The van der Waals surface area contributed by atoms with Gasteiger partial charge in [0.05, 0.1) is 11.2 Å². The number of aryl methyl sites for hydroxylation is 1. The van der Waals surface area contributed by atoms with Crippen LogP contribution in [0.4, 0.5) is 0 Å². The fraction of sp³-hybridized carbons (Fsp3) is 0.222. The van der Waals surface area contributed by atoms with Crippen LogP contribution < -0.4 is 5.43 Å². The third-order valence-electron chi connectivity index (χ3n) is 3.83. The minimum Gasteiger partial charge on any atom is -0.507 e. The second-order valence-electron chi connectivity index (χ2n) is 5.70. The third-order valence-corrected chi connectivity index (χ3v) is 3.83. The number of nitrogens with zero attached hydrogens (tertiary/aromatic N) is 4. The standard InChI is InChI=1S/C18H19N5O2/c1-3-14(13-10-12(2)8-9-17(13)24)19-21-18(25)11-23-16-7-5-4-6-15(16)20-22-23/h4-10,24H,3,11H2,1-2H3,(H,21,25)/b19-14+. The van der Waals surface area contributed by atoms with Crippen molar-refractivity contribution in [3.8, 4) is 5.75 Å². The molecule has 7 heteroatoms. The topological polar surface area (TPSA) is 92.4 Å². The minimum absolute atomic E-state index is 0.0147. The van der Waals surface area contributed by atoms with Gasteiger partial charge in [0.2, 0.25) is 0 Å².